The molecule has 180 valence electrons. The molecule has 0 amide bonds. The average molecular weight is 496 g/mol. The first-order chi connectivity index (χ1) is 19.4. The Labute approximate surface area is 224 Å². The molecule has 0 spiro atoms. The predicted molar refractivity (Wildman–Crippen MR) is 159 cm³/mol. The molecule has 0 N–H and O–H groups in total. The second-order valence-corrected chi connectivity index (χ2v) is 10.9. The molecule has 0 bridgehead atoms. The highest BCUT2D eigenvalue weighted by atomic mass is 15.3. The Hall–Kier alpha value is -5.16. The topological polar surface area (TPSA) is 26.6 Å². The number of nitrogens with zero attached hydrogens (tertiary/aromatic N) is 4. The van der Waals surface area contributed by atoms with Gasteiger partial charge in [0.1, 0.15) is 0 Å². The highest BCUT2D eigenvalue weighted by molar-refractivity contribution is 6.86. The van der Waals surface area contributed by atoms with E-state index in [9.17, 15) is 0 Å². The van der Waals surface area contributed by atoms with E-state index in [1.165, 1.54) is 60.2 Å². The SMILES string of the molecule is c1ccc([B-]23n4c5ccccc5c5cccc(c54)-c4cncc([n+]42)-c2cccc4c5ccccc5n3c24)cc1. The van der Waals surface area contributed by atoms with Crippen LogP contribution in [0.4, 0.5) is 0 Å². The molecule has 2 aliphatic rings. The molecule has 0 aliphatic carbocycles. The third-order valence-electron chi connectivity index (χ3n) is 9.25. The summed E-state index contributed by atoms with van der Waals surface area (Å²) in [5.74, 6) is 0. The summed E-state index contributed by atoms with van der Waals surface area (Å²) in [6.45, 7) is -1.76. The molecular formula is C34H21BN4. The molecule has 0 unspecified atom stereocenters. The van der Waals surface area contributed by atoms with Crippen LogP contribution in [0.3, 0.4) is 0 Å². The molecule has 0 saturated heterocycles. The van der Waals surface area contributed by atoms with E-state index in [-0.39, 0.29) is 0 Å². The van der Waals surface area contributed by atoms with Gasteiger partial charge in [0.25, 0.3) is 0 Å². The minimum absolute atomic E-state index is 1.15. The first-order valence-corrected chi connectivity index (χ1v) is 13.6. The van der Waals surface area contributed by atoms with Gasteiger partial charge in [-0.15, -0.1) is 0 Å². The maximum Gasteiger partial charge on any atom is 0.514 e. The van der Waals surface area contributed by atoms with Gasteiger partial charge in [-0.3, -0.25) is 4.98 Å². The lowest BCUT2D eigenvalue weighted by atomic mass is 9.48. The van der Waals surface area contributed by atoms with Gasteiger partial charge in [-0.05, 0) is 24.3 Å². The molecule has 5 heteroatoms. The fraction of sp³-hybridized carbons (Fsp3) is 0. The lowest BCUT2D eigenvalue weighted by Crippen LogP contribution is -2.83. The van der Waals surface area contributed by atoms with Crippen LogP contribution in [0.1, 0.15) is 0 Å². The van der Waals surface area contributed by atoms with Crippen molar-refractivity contribution in [2.75, 3.05) is 0 Å². The van der Waals surface area contributed by atoms with Crippen LogP contribution in [-0.2, 0) is 0 Å². The summed E-state index contributed by atoms with van der Waals surface area (Å²) in [6, 6.07) is 42.4. The van der Waals surface area contributed by atoms with E-state index in [1.54, 1.807) is 0 Å². The van der Waals surface area contributed by atoms with E-state index in [1.807, 2.05) is 0 Å². The summed E-state index contributed by atoms with van der Waals surface area (Å²) < 4.78 is 7.92. The first kappa shape index (κ1) is 19.9. The van der Waals surface area contributed by atoms with Gasteiger partial charge in [0.15, 0.2) is 11.4 Å². The van der Waals surface area contributed by atoms with Crippen LogP contribution in [0, 0.1) is 0 Å². The van der Waals surface area contributed by atoms with Crippen LogP contribution in [0.5, 0.6) is 0 Å². The maximum absolute atomic E-state index is 4.86. The average Bonchev–Trinajstić information content (AvgIpc) is 3.53. The number of para-hydroxylation sites is 4. The van der Waals surface area contributed by atoms with Crippen molar-refractivity contribution < 1.29 is 4.48 Å². The maximum atomic E-state index is 4.86. The van der Waals surface area contributed by atoms with E-state index in [2.05, 4.69) is 141 Å². The van der Waals surface area contributed by atoms with Gasteiger partial charge in [0, 0.05) is 43.6 Å². The van der Waals surface area contributed by atoms with Crippen molar-refractivity contribution in [1.82, 2.24) is 13.9 Å². The lowest BCUT2D eigenvalue weighted by Gasteiger charge is -2.47. The Morgan fingerprint density at radius 3 is 1.54 bits per heavy atom. The van der Waals surface area contributed by atoms with E-state index >= 15 is 0 Å². The van der Waals surface area contributed by atoms with Crippen molar-refractivity contribution in [1.29, 1.82) is 0 Å². The molecule has 3 aromatic heterocycles. The largest absolute Gasteiger partial charge is 0.514 e. The zero-order chi connectivity index (χ0) is 25.3. The van der Waals surface area contributed by atoms with E-state index in [4.69, 9.17) is 4.98 Å². The van der Waals surface area contributed by atoms with Gasteiger partial charge < -0.3 is 13.4 Å². The smallest absolute Gasteiger partial charge is 0.429 e. The van der Waals surface area contributed by atoms with Gasteiger partial charge in [0.05, 0.1) is 23.5 Å². The molecule has 0 radical (unpaired) electrons. The minimum atomic E-state index is -1.76. The molecule has 5 aromatic carbocycles. The van der Waals surface area contributed by atoms with Crippen LogP contribution in [0.2, 0.25) is 0 Å². The molecule has 4 nitrogen and oxygen atoms in total. The molecule has 0 fully saturated rings. The third kappa shape index (κ3) is 2.07. The minimum Gasteiger partial charge on any atom is -0.429 e. The van der Waals surface area contributed by atoms with Crippen LogP contribution in [-0.4, -0.2) is 20.5 Å². The van der Waals surface area contributed by atoms with E-state index in [0.29, 0.717) is 0 Å². The summed E-state index contributed by atoms with van der Waals surface area (Å²) >= 11 is 0. The monoisotopic (exact) mass is 496 g/mol. The summed E-state index contributed by atoms with van der Waals surface area (Å²) in [5.41, 5.74) is 11.0. The molecular weight excluding hydrogens is 475 g/mol. The van der Waals surface area contributed by atoms with Crippen LogP contribution in [0.15, 0.2) is 128 Å². The Morgan fingerprint density at radius 2 is 0.974 bits per heavy atom. The molecule has 10 rings (SSSR count). The first-order valence-electron chi connectivity index (χ1n) is 13.6. The highest BCUT2D eigenvalue weighted by Crippen LogP contribution is 2.46. The van der Waals surface area contributed by atoms with E-state index in [0.717, 1.165) is 11.4 Å². The Bertz CT molecular complexity index is 2210. The summed E-state index contributed by atoms with van der Waals surface area (Å²) in [7, 11) is 0. The second-order valence-electron chi connectivity index (χ2n) is 10.9. The quantitative estimate of drug-likeness (QED) is 0.244. The summed E-state index contributed by atoms with van der Waals surface area (Å²) in [5, 5.41) is 5.12. The number of benzene rings is 5. The number of aromatic nitrogens is 4. The number of hydrogen-bond acceptors (Lipinski definition) is 1. The van der Waals surface area contributed by atoms with Gasteiger partial charge in [-0.2, -0.15) is 0 Å². The Morgan fingerprint density at radius 1 is 0.487 bits per heavy atom. The van der Waals surface area contributed by atoms with Crippen LogP contribution < -0.4 is 9.94 Å². The van der Waals surface area contributed by atoms with Crippen molar-refractivity contribution in [2.45, 2.75) is 0 Å². The summed E-state index contributed by atoms with van der Waals surface area (Å²) in [6.07, 6.45) is 4.13. The zero-order valence-electron chi connectivity index (χ0n) is 21.0. The van der Waals surface area contributed by atoms with Crippen molar-refractivity contribution >= 4 is 55.6 Å². The normalized spacial score (nSPS) is 14.4. The summed E-state index contributed by atoms with van der Waals surface area (Å²) in [4.78, 5) is 4.86. The Kier molecular flexibility index (Phi) is 3.38. The van der Waals surface area contributed by atoms with E-state index < -0.39 is 6.55 Å². The van der Waals surface area contributed by atoms with Crippen molar-refractivity contribution in [3.8, 4) is 22.5 Å². The number of hydrogen-bond donors (Lipinski definition) is 0. The molecule has 0 atom stereocenters. The van der Waals surface area contributed by atoms with Gasteiger partial charge in [-0.1, -0.05) is 96.5 Å². The molecule has 8 aromatic rings. The van der Waals surface area contributed by atoms with Crippen molar-refractivity contribution in [3.63, 3.8) is 0 Å². The zero-order valence-corrected chi connectivity index (χ0v) is 21.0. The van der Waals surface area contributed by atoms with Crippen LogP contribution >= 0.6 is 0 Å². The lowest BCUT2D eigenvalue weighted by molar-refractivity contribution is -0.527. The fourth-order valence-corrected chi connectivity index (χ4v) is 7.99. The standard InChI is InChI=1S/C34H21BN4/c1-2-10-22(11-3-1)35-37-31(27-16-8-14-25-23-12-4-6-18-29(23)38(35)33(25)27)20-36-21-32(37)28-17-9-15-26-24-13-5-7-19-30(24)39(35)34(26)28/h1-21H. The third-order valence-corrected chi connectivity index (χ3v) is 9.25. The number of rotatable bonds is 1. The fourth-order valence-electron chi connectivity index (χ4n) is 7.99. The van der Waals surface area contributed by atoms with Gasteiger partial charge >= 0.3 is 6.55 Å². The predicted octanol–water partition coefficient (Wildman–Crippen LogP) is 6.34. The van der Waals surface area contributed by atoms with Crippen LogP contribution in [0.25, 0.3) is 66.1 Å². The van der Waals surface area contributed by atoms with Gasteiger partial charge in [0.2, 0.25) is 0 Å². The van der Waals surface area contributed by atoms with Crippen molar-refractivity contribution in [2.24, 2.45) is 0 Å². The highest BCUT2D eigenvalue weighted by Gasteiger charge is 2.55. The molecule has 2 aliphatic heterocycles. The molecule has 39 heavy (non-hydrogen) atoms. The Balaban J connectivity index is 1.62. The van der Waals surface area contributed by atoms with Gasteiger partial charge in [-0.25, -0.2) is 0 Å². The second kappa shape index (κ2) is 6.64. The molecule has 0 saturated carbocycles. The molecule has 5 heterocycles. The number of fused-ring (bicyclic) bond motifs is 10. The van der Waals surface area contributed by atoms with Crippen molar-refractivity contribution in [3.05, 3.63) is 128 Å².